The van der Waals surface area contributed by atoms with Gasteiger partial charge in [-0.05, 0) is 48.7 Å². The molecule has 0 aliphatic heterocycles. The molecule has 1 aromatic carbocycles. The number of benzene rings is 1. The Hall–Kier alpha value is -0.350. The Morgan fingerprint density at radius 1 is 1.24 bits per heavy atom. The summed E-state index contributed by atoms with van der Waals surface area (Å²) in [5, 5.41) is 0. The first-order chi connectivity index (χ1) is 7.99. The van der Waals surface area contributed by atoms with Crippen LogP contribution in [0.1, 0.15) is 27.6 Å². The van der Waals surface area contributed by atoms with E-state index < -0.39 is 0 Å². The zero-order chi connectivity index (χ0) is 12.6. The summed E-state index contributed by atoms with van der Waals surface area (Å²) in [7, 11) is 0. The molecule has 1 nitrogen and oxygen atoms in total. The molecule has 0 fully saturated rings. The Morgan fingerprint density at radius 3 is 2.53 bits per heavy atom. The number of nitrogens with two attached hydrogens (primary N) is 1. The molecule has 0 saturated carbocycles. The Labute approximate surface area is 119 Å². The summed E-state index contributed by atoms with van der Waals surface area (Å²) in [6.45, 7) is 4.08. The van der Waals surface area contributed by atoms with E-state index in [1.165, 1.54) is 5.56 Å². The van der Waals surface area contributed by atoms with Crippen LogP contribution in [0.3, 0.4) is 0 Å². The summed E-state index contributed by atoms with van der Waals surface area (Å²) in [5.41, 5.74) is 9.73. The van der Waals surface area contributed by atoms with Crippen LogP contribution in [0, 0.1) is 13.8 Å². The zero-order valence-corrected chi connectivity index (χ0v) is 12.8. The van der Waals surface area contributed by atoms with E-state index in [-0.39, 0.29) is 6.04 Å². The molecule has 4 heteroatoms. The molecule has 90 valence electrons. The monoisotopic (exact) mass is 329 g/mol. The number of thiophene rings is 1. The summed E-state index contributed by atoms with van der Waals surface area (Å²) >= 11 is 11.1. The van der Waals surface area contributed by atoms with Crippen molar-refractivity contribution >= 4 is 38.9 Å². The van der Waals surface area contributed by atoms with Gasteiger partial charge in [0.2, 0.25) is 0 Å². The first kappa shape index (κ1) is 13.1. The van der Waals surface area contributed by atoms with Crippen molar-refractivity contribution in [3.05, 3.63) is 54.6 Å². The Bertz CT molecular complexity index is 531. The number of rotatable bonds is 2. The Morgan fingerprint density at radius 2 is 1.94 bits per heavy atom. The van der Waals surface area contributed by atoms with E-state index in [1.54, 1.807) is 11.3 Å². The summed E-state index contributed by atoms with van der Waals surface area (Å²) in [6.07, 6.45) is 0. The molecule has 2 N–H and O–H groups in total. The van der Waals surface area contributed by atoms with Gasteiger partial charge in [-0.2, -0.15) is 0 Å². The van der Waals surface area contributed by atoms with Crippen molar-refractivity contribution in [1.29, 1.82) is 0 Å². The van der Waals surface area contributed by atoms with Gasteiger partial charge >= 0.3 is 0 Å². The molecular formula is C13H13BrClNS. The van der Waals surface area contributed by atoms with E-state index in [0.717, 1.165) is 24.8 Å². The average Bonchev–Trinajstić information content (AvgIpc) is 2.62. The van der Waals surface area contributed by atoms with E-state index in [2.05, 4.69) is 41.1 Å². The maximum Gasteiger partial charge on any atom is 0.0961 e. The number of halogens is 2. The van der Waals surface area contributed by atoms with Crippen LogP contribution in [-0.2, 0) is 0 Å². The highest BCUT2D eigenvalue weighted by molar-refractivity contribution is 9.10. The minimum Gasteiger partial charge on any atom is -0.320 e. The summed E-state index contributed by atoms with van der Waals surface area (Å²) in [5.74, 6) is 0. The fourth-order valence-electron chi connectivity index (χ4n) is 1.74. The lowest BCUT2D eigenvalue weighted by Gasteiger charge is -2.13. The summed E-state index contributed by atoms with van der Waals surface area (Å²) < 4.78 is 1.87. The highest BCUT2D eigenvalue weighted by Crippen LogP contribution is 2.34. The van der Waals surface area contributed by atoms with Crippen LogP contribution >= 0.6 is 38.9 Å². The van der Waals surface area contributed by atoms with E-state index in [9.17, 15) is 0 Å². The predicted octanol–water partition coefficient (Wildman–Crippen LogP) is 4.83. The minimum absolute atomic E-state index is 0.108. The normalized spacial score (nSPS) is 12.8. The van der Waals surface area contributed by atoms with Crippen molar-refractivity contribution in [3.63, 3.8) is 0 Å². The lowest BCUT2D eigenvalue weighted by Crippen LogP contribution is -2.11. The molecule has 1 unspecified atom stereocenters. The van der Waals surface area contributed by atoms with Gasteiger partial charge in [-0.15, -0.1) is 11.3 Å². The smallest absolute Gasteiger partial charge is 0.0961 e. The third-order valence-corrected chi connectivity index (χ3v) is 4.89. The molecule has 0 saturated heterocycles. The third-order valence-electron chi connectivity index (χ3n) is 2.76. The molecule has 0 radical (unpaired) electrons. The highest BCUT2D eigenvalue weighted by atomic mass is 79.9. The average molecular weight is 331 g/mol. The first-order valence-electron chi connectivity index (χ1n) is 5.26. The maximum absolute atomic E-state index is 6.30. The molecule has 0 aliphatic carbocycles. The van der Waals surface area contributed by atoms with Crippen molar-refractivity contribution < 1.29 is 0 Å². The fourth-order valence-corrected chi connectivity index (χ4v) is 3.35. The van der Waals surface area contributed by atoms with Crippen LogP contribution in [0.4, 0.5) is 0 Å². The van der Waals surface area contributed by atoms with Gasteiger partial charge in [-0.1, -0.05) is 33.6 Å². The number of aryl methyl sites for hydroxylation is 2. The topological polar surface area (TPSA) is 26.0 Å². The Kier molecular flexibility index (Phi) is 3.93. The molecule has 0 spiro atoms. The fraction of sp³-hybridized carbons (Fsp3) is 0.231. The molecule has 2 aromatic rings. The van der Waals surface area contributed by atoms with Crippen molar-refractivity contribution in [3.8, 4) is 0 Å². The van der Waals surface area contributed by atoms with Crippen LogP contribution in [0.2, 0.25) is 4.34 Å². The van der Waals surface area contributed by atoms with Gasteiger partial charge < -0.3 is 5.73 Å². The minimum atomic E-state index is -0.108. The predicted molar refractivity (Wildman–Crippen MR) is 79.0 cm³/mol. The van der Waals surface area contributed by atoms with Gasteiger partial charge in [-0.3, -0.25) is 0 Å². The quantitative estimate of drug-likeness (QED) is 0.838. The standard InChI is InChI=1S/C13H13BrClNS/c1-7-3-4-9(14)6-10(7)12(16)11-5-8(2)13(15)17-11/h3-6,12H,16H2,1-2H3. The molecule has 0 amide bonds. The molecule has 0 aliphatic rings. The van der Waals surface area contributed by atoms with Crippen LogP contribution in [0.25, 0.3) is 0 Å². The Balaban J connectivity index is 2.42. The SMILES string of the molecule is Cc1ccc(Br)cc1C(N)c1cc(C)c(Cl)s1. The molecule has 1 heterocycles. The van der Waals surface area contributed by atoms with Gasteiger partial charge in [0, 0.05) is 9.35 Å². The molecule has 1 atom stereocenters. The molecule has 17 heavy (non-hydrogen) atoms. The van der Waals surface area contributed by atoms with Crippen LogP contribution < -0.4 is 5.73 Å². The van der Waals surface area contributed by atoms with Gasteiger partial charge in [0.1, 0.15) is 0 Å². The van der Waals surface area contributed by atoms with Crippen LogP contribution in [-0.4, -0.2) is 0 Å². The maximum atomic E-state index is 6.30. The third kappa shape index (κ3) is 2.74. The van der Waals surface area contributed by atoms with Crippen molar-refractivity contribution in [2.45, 2.75) is 19.9 Å². The zero-order valence-electron chi connectivity index (χ0n) is 9.63. The van der Waals surface area contributed by atoms with E-state index in [1.807, 2.05) is 13.0 Å². The molecule has 1 aromatic heterocycles. The van der Waals surface area contributed by atoms with Crippen molar-refractivity contribution in [1.82, 2.24) is 0 Å². The second kappa shape index (κ2) is 5.11. The number of hydrogen-bond acceptors (Lipinski definition) is 2. The van der Waals surface area contributed by atoms with E-state index >= 15 is 0 Å². The molecule has 0 bridgehead atoms. The highest BCUT2D eigenvalue weighted by Gasteiger charge is 2.15. The van der Waals surface area contributed by atoms with Gasteiger partial charge in [-0.25, -0.2) is 0 Å². The van der Waals surface area contributed by atoms with Crippen LogP contribution in [0.5, 0.6) is 0 Å². The number of hydrogen-bond donors (Lipinski definition) is 1. The van der Waals surface area contributed by atoms with Crippen LogP contribution in [0.15, 0.2) is 28.7 Å². The van der Waals surface area contributed by atoms with E-state index in [0.29, 0.717) is 0 Å². The van der Waals surface area contributed by atoms with Gasteiger partial charge in [0.05, 0.1) is 10.4 Å². The molecule has 2 rings (SSSR count). The summed E-state index contributed by atoms with van der Waals surface area (Å²) in [4.78, 5) is 1.11. The molecular weight excluding hydrogens is 318 g/mol. The second-order valence-corrected chi connectivity index (χ2v) is 6.69. The summed E-state index contributed by atoms with van der Waals surface area (Å²) in [6, 6.07) is 8.13. The first-order valence-corrected chi connectivity index (χ1v) is 7.25. The largest absolute Gasteiger partial charge is 0.320 e. The van der Waals surface area contributed by atoms with Gasteiger partial charge in [0.15, 0.2) is 0 Å². The van der Waals surface area contributed by atoms with Gasteiger partial charge in [0.25, 0.3) is 0 Å². The van der Waals surface area contributed by atoms with Crippen molar-refractivity contribution in [2.24, 2.45) is 5.73 Å². The lowest BCUT2D eigenvalue weighted by molar-refractivity contribution is 0.880. The second-order valence-electron chi connectivity index (χ2n) is 4.08. The lowest BCUT2D eigenvalue weighted by atomic mass is 10.0. The van der Waals surface area contributed by atoms with Crippen molar-refractivity contribution in [2.75, 3.05) is 0 Å². The van der Waals surface area contributed by atoms with E-state index in [4.69, 9.17) is 17.3 Å².